The molecule has 8 heteroatoms. The van der Waals surface area contributed by atoms with E-state index in [9.17, 15) is 9.18 Å². The van der Waals surface area contributed by atoms with Crippen LogP contribution in [-0.2, 0) is 6.54 Å². The van der Waals surface area contributed by atoms with Gasteiger partial charge in [-0.25, -0.2) is 9.38 Å². The van der Waals surface area contributed by atoms with Gasteiger partial charge in [0, 0.05) is 6.54 Å². The van der Waals surface area contributed by atoms with Crippen LogP contribution in [-0.4, -0.2) is 18.4 Å². The zero-order valence-corrected chi connectivity index (χ0v) is 17.3. The lowest BCUT2D eigenvalue weighted by molar-refractivity contribution is 0.0972. The van der Waals surface area contributed by atoms with Crippen LogP contribution >= 0.6 is 24.0 Å². The fraction of sp³-hybridized carbons (Fsp3) is 0.333. The summed E-state index contributed by atoms with van der Waals surface area (Å²) in [6, 6.07) is 8.19. The number of hydrogen-bond donors (Lipinski definition) is 3. The van der Waals surface area contributed by atoms with Crippen LogP contribution in [0, 0.1) is 12.7 Å². The Hall–Kier alpha value is -2.10. The lowest BCUT2D eigenvalue weighted by Crippen LogP contribution is -2.38. The SMILES string of the molecule is CCNC(=NCc1ccc(C(N)=O)o1)NC(C)c1ccc(C)c(F)c1.I. The van der Waals surface area contributed by atoms with Crippen LogP contribution in [0.1, 0.15) is 47.3 Å². The number of guanidine groups is 1. The third-order valence-electron chi connectivity index (χ3n) is 3.69. The minimum absolute atomic E-state index is 0. The van der Waals surface area contributed by atoms with E-state index < -0.39 is 5.91 Å². The monoisotopic (exact) mass is 474 g/mol. The molecule has 0 spiro atoms. The summed E-state index contributed by atoms with van der Waals surface area (Å²) in [5.74, 6) is 0.345. The van der Waals surface area contributed by atoms with Gasteiger partial charge in [0.15, 0.2) is 11.7 Å². The number of nitrogens with zero attached hydrogens (tertiary/aromatic N) is 1. The van der Waals surface area contributed by atoms with Crippen molar-refractivity contribution in [1.29, 1.82) is 0 Å². The normalized spacial score (nSPS) is 12.2. The van der Waals surface area contributed by atoms with Gasteiger partial charge in [-0.05, 0) is 50.1 Å². The maximum atomic E-state index is 13.7. The summed E-state index contributed by atoms with van der Waals surface area (Å²) in [6.45, 7) is 6.52. The first-order valence-corrected chi connectivity index (χ1v) is 8.10. The molecule has 1 atom stereocenters. The minimum atomic E-state index is -0.615. The summed E-state index contributed by atoms with van der Waals surface area (Å²) in [6.07, 6.45) is 0. The van der Waals surface area contributed by atoms with Crippen LogP contribution in [0.3, 0.4) is 0 Å². The molecule has 1 aromatic heterocycles. The molecule has 0 aliphatic heterocycles. The topological polar surface area (TPSA) is 92.6 Å². The fourth-order valence-corrected chi connectivity index (χ4v) is 2.24. The van der Waals surface area contributed by atoms with E-state index in [0.717, 1.165) is 5.56 Å². The molecule has 0 aliphatic carbocycles. The van der Waals surface area contributed by atoms with Crippen molar-refractivity contribution in [2.45, 2.75) is 33.4 Å². The van der Waals surface area contributed by atoms with E-state index in [2.05, 4.69) is 15.6 Å². The summed E-state index contributed by atoms with van der Waals surface area (Å²) < 4.78 is 19.0. The third-order valence-corrected chi connectivity index (χ3v) is 3.69. The number of amides is 1. The molecule has 0 aliphatic rings. The summed E-state index contributed by atoms with van der Waals surface area (Å²) >= 11 is 0. The average molecular weight is 474 g/mol. The Labute approximate surface area is 169 Å². The van der Waals surface area contributed by atoms with E-state index in [0.29, 0.717) is 23.8 Å². The Morgan fingerprint density at radius 2 is 2.08 bits per heavy atom. The van der Waals surface area contributed by atoms with Crippen molar-refractivity contribution < 1.29 is 13.6 Å². The van der Waals surface area contributed by atoms with Gasteiger partial charge in [0.25, 0.3) is 5.91 Å². The minimum Gasteiger partial charge on any atom is -0.454 e. The standard InChI is InChI=1S/C18H23FN4O2.HI/c1-4-21-18(22-10-14-7-8-16(25-14)17(20)24)23-12(3)13-6-5-11(2)15(19)9-13;/h5-9,12H,4,10H2,1-3H3,(H2,20,24)(H2,21,22,23);1H. The summed E-state index contributed by atoms with van der Waals surface area (Å²) in [5, 5.41) is 6.34. The Balaban J connectivity index is 0.00000338. The molecule has 1 heterocycles. The van der Waals surface area contributed by atoms with Crippen LogP contribution in [0.2, 0.25) is 0 Å². The molecule has 0 radical (unpaired) electrons. The van der Waals surface area contributed by atoms with Crippen LogP contribution in [0.15, 0.2) is 39.7 Å². The molecule has 1 aromatic carbocycles. The lowest BCUT2D eigenvalue weighted by atomic mass is 10.1. The van der Waals surface area contributed by atoms with Gasteiger partial charge in [-0.1, -0.05) is 12.1 Å². The van der Waals surface area contributed by atoms with Crippen LogP contribution < -0.4 is 16.4 Å². The highest BCUT2D eigenvalue weighted by Gasteiger charge is 2.11. The molecule has 4 N–H and O–H groups in total. The van der Waals surface area contributed by atoms with Gasteiger partial charge in [0.05, 0.1) is 6.04 Å². The second kappa shape index (κ2) is 10.1. The van der Waals surface area contributed by atoms with Crippen molar-refractivity contribution in [2.75, 3.05) is 6.54 Å². The first-order valence-electron chi connectivity index (χ1n) is 8.10. The van der Waals surface area contributed by atoms with Gasteiger partial charge in [-0.2, -0.15) is 0 Å². The highest BCUT2D eigenvalue weighted by Crippen LogP contribution is 2.16. The Bertz CT molecular complexity index is 776. The molecule has 0 saturated carbocycles. The Kier molecular flexibility index (Phi) is 8.56. The summed E-state index contributed by atoms with van der Waals surface area (Å²) in [4.78, 5) is 15.5. The number of furan rings is 1. The number of aryl methyl sites for hydroxylation is 1. The van der Waals surface area contributed by atoms with E-state index in [-0.39, 0.29) is 48.1 Å². The highest BCUT2D eigenvalue weighted by molar-refractivity contribution is 14.0. The van der Waals surface area contributed by atoms with Gasteiger partial charge in [-0.15, -0.1) is 24.0 Å². The van der Waals surface area contributed by atoms with E-state index >= 15 is 0 Å². The molecule has 0 bridgehead atoms. The van der Waals surface area contributed by atoms with Crippen molar-refractivity contribution in [3.63, 3.8) is 0 Å². The van der Waals surface area contributed by atoms with Crippen LogP contribution in [0.25, 0.3) is 0 Å². The van der Waals surface area contributed by atoms with E-state index in [1.165, 1.54) is 12.1 Å². The van der Waals surface area contributed by atoms with Gasteiger partial charge in [0.2, 0.25) is 0 Å². The summed E-state index contributed by atoms with van der Waals surface area (Å²) in [5.41, 5.74) is 6.59. The summed E-state index contributed by atoms with van der Waals surface area (Å²) in [7, 11) is 0. The number of nitrogens with one attached hydrogen (secondary N) is 2. The van der Waals surface area contributed by atoms with E-state index in [1.807, 2.05) is 19.9 Å². The molecular formula is C18H24FIN4O2. The number of nitrogens with two attached hydrogens (primary N) is 1. The van der Waals surface area contributed by atoms with Crippen molar-refractivity contribution in [3.8, 4) is 0 Å². The molecule has 1 unspecified atom stereocenters. The number of hydrogen-bond acceptors (Lipinski definition) is 3. The average Bonchev–Trinajstić information content (AvgIpc) is 3.04. The van der Waals surface area contributed by atoms with Gasteiger partial charge < -0.3 is 20.8 Å². The zero-order valence-electron chi connectivity index (χ0n) is 15.0. The van der Waals surface area contributed by atoms with Crippen molar-refractivity contribution in [2.24, 2.45) is 10.7 Å². The van der Waals surface area contributed by atoms with E-state index in [1.54, 1.807) is 19.1 Å². The number of rotatable bonds is 6. The zero-order chi connectivity index (χ0) is 18.4. The number of carbonyl (C=O) groups excluding carboxylic acids is 1. The number of primary amides is 1. The Morgan fingerprint density at radius 1 is 1.35 bits per heavy atom. The van der Waals surface area contributed by atoms with E-state index in [4.69, 9.17) is 10.2 Å². The highest BCUT2D eigenvalue weighted by atomic mass is 127. The molecule has 142 valence electrons. The molecule has 2 aromatic rings. The molecule has 0 fully saturated rings. The van der Waals surface area contributed by atoms with Gasteiger partial charge >= 0.3 is 0 Å². The smallest absolute Gasteiger partial charge is 0.284 e. The second-order valence-electron chi connectivity index (χ2n) is 5.70. The van der Waals surface area contributed by atoms with Gasteiger partial charge in [0.1, 0.15) is 18.1 Å². The number of benzene rings is 1. The number of carbonyl (C=O) groups is 1. The predicted octanol–water partition coefficient (Wildman–Crippen LogP) is 3.26. The first-order chi connectivity index (χ1) is 11.9. The molecular weight excluding hydrogens is 450 g/mol. The molecule has 0 saturated heterocycles. The first kappa shape index (κ1) is 21.9. The molecule has 26 heavy (non-hydrogen) atoms. The number of aliphatic imine (C=N–C) groups is 1. The molecule has 1 amide bonds. The van der Waals surface area contributed by atoms with Crippen LogP contribution in [0.5, 0.6) is 0 Å². The van der Waals surface area contributed by atoms with Crippen molar-refractivity contribution >= 4 is 35.8 Å². The second-order valence-corrected chi connectivity index (χ2v) is 5.70. The van der Waals surface area contributed by atoms with Crippen molar-refractivity contribution in [3.05, 3.63) is 58.8 Å². The maximum absolute atomic E-state index is 13.7. The van der Waals surface area contributed by atoms with Crippen molar-refractivity contribution in [1.82, 2.24) is 10.6 Å². The Morgan fingerprint density at radius 3 is 2.65 bits per heavy atom. The number of halogens is 2. The molecule has 6 nitrogen and oxygen atoms in total. The van der Waals surface area contributed by atoms with Crippen LogP contribution in [0.4, 0.5) is 4.39 Å². The quantitative estimate of drug-likeness (QED) is 0.341. The third kappa shape index (κ3) is 6.01. The maximum Gasteiger partial charge on any atom is 0.284 e. The lowest BCUT2D eigenvalue weighted by Gasteiger charge is -2.18. The predicted molar refractivity (Wildman–Crippen MR) is 110 cm³/mol. The molecule has 2 rings (SSSR count). The van der Waals surface area contributed by atoms with Gasteiger partial charge in [-0.3, -0.25) is 4.79 Å². The fourth-order valence-electron chi connectivity index (χ4n) is 2.24. The largest absolute Gasteiger partial charge is 0.454 e.